The van der Waals surface area contributed by atoms with E-state index in [1.165, 1.54) is 0 Å². The van der Waals surface area contributed by atoms with Gasteiger partial charge in [0.25, 0.3) is 0 Å². The van der Waals surface area contributed by atoms with Crippen LogP contribution in [0.2, 0.25) is 5.02 Å². The average Bonchev–Trinajstić information content (AvgIpc) is 2.30. The molecular formula is C12H18ClN3O. The van der Waals surface area contributed by atoms with Gasteiger partial charge in [0.15, 0.2) is 0 Å². The lowest BCUT2D eigenvalue weighted by atomic mass is 10.2. The van der Waals surface area contributed by atoms with Crippen LogP contribution in [0.5, 0.6) is 0 Å². The predicted molar refractivity (Wildman–Crippen MR) is 68.2 cm³/mol. The Kier molecular flexibility index (Phi) is 4.74. The molecular weight excluding hydrogens is 238 g/mol. The van der Waals surface area contributed by atoms with Gasteiger partial charge in [-0.05, 0) is 19.2 Å². The molecule has 0 aliphatic carbocycles. The zero-order valence-electron chi connectivity index (χ0n) is 10.0. The van der Waals surface area contributed by atoms with E-state index in [-0.39, 0.29) is 6.10 Å². The molecule has 17 heavy (non-hydrogen) atoms. The summed E-state index contributed by atoms with van der Waals surface area (Å²) in [6.07, 6.45) is 2.02. The summed E-state index contributed by atoms with van der Waals surface area (Å²) in [4.78, 5) is 6.67. The summed E-state index contributed by atoms with van der Waals surface area (Å²) in [6, 6.07) is 3.72. The number of hydrogen-bond donors (Lipinski definition) is 1. The Hall–Kier alpha value is -0.680. The molecule has 1 saturated heterocycles. The van der Waals surface area contributed by atoms with Crippen LogP contribution < -0.4 is 5.32 Å². The maximum atomic E-state index is 5.95. The molecule has 1 atom stereocenters. The van der Waals surface area contributed by atoms with Crippen LogP contribution >= 0.6 is 11.6 Å². The summed E-state index contributed by atoms with van der Waals surface area (Å²) < 4.78 is 5.66. The number of pyridine rings is 1. The van der Waals surface area contributed by atoms with Crippen molar-refractivity contribution in [2.24, 2.45) is 0 Å². The van der Waals surface area contributed by atoms with Crippen molar-refractivity contribution >= 4 is 11.6 Å². The number of hydrogen-bond acceptors (Lipinski definition) is 4. The molecule has 0 spiro atoms. The molecule has 4 nitrogen and oxygen atoms in total. The Morgan fingerprint density at radius 3 is 3.29 bits per heavy atom. The topological polar surface area (TPSA) is 37.4 Å². The van der Waals surface area contributed by atoms with E-state index in [4.69, 9.17) is 16.3 Å². The van der Waals surface area contributed by atoms with Crippen molar-refractivity contribution in [1.29, 1.82) is 0 Å². The van der Waals surface area contributed by atoms with Crippen molar-refractivity contribution in [2.75, 3.05) is 33.3 Å². The van der Waals surface area contributed by atoms with E-state index in [9.17, 15) is 0 Å². The van der Waals surface area contributed by atoms with E-state index in [1.54, 1.807) is 12.3 Å². The highest BCUT2D eigenvalue weighted by Crippen LogP contribution is 2.12. The highest BCUT2D eigenvalue weighted by molar-refractivity contribution is 6.30. The second kappa shape index (κ2) is 6.31. The first-order valence-corrected chi connectivity index (χ1v) is 6.24. The van der Waals surface area contributed by atoms with E-state index in [0.29, 0.717) is 0 Å². The lowest BCUT2D eigenvalue weighted by Crippen LogP contribution is -2.45. The van der Waals surface area contributed by atoms with Crippen LogP contribution in [0, 0.1) is 0 Å². The molecule has 2 heterocycles. The molecule has 1 aromatic heterocycles. The number of nitrogens with one attached hydrogen (secondary N) is 1. The second-order valence-corrected chi connectivity index (χ2v) is 4.69. The van der Waals surface area contributed by atoms with Crippen LogP contribution in [0.25, 0.3) is 0 Å². The minimum atomic E-state index is 0.271. The van der Waals surface area contributed by atoms with Gasteiger partial charge in [0.2, 0.25) is 0 Å². The quantitative estimate of drug-likeness (QED) is 0.876. The maximum absolute atomic E-state index is 5.95. The Morgan fingerprint density at radius 1 is 1.65 bits per heavy atom. The number of likely N-dealkylation sites (N-methyl/N-ethyl adjacent to an activating group) is 1. The van der Waals surface area contributed by atoms with Crippen molar-refractivity contribution in [3.05, 3.63) is 29.0 Å². The molecule has 1 fully saturated rings. The van der Waals surface area contributed by atoms with Gasteiger partial charge in [-0.3, -0.25) is 9.88 Å². The van der Waals surface area contributed by atoms with Gasteiger partial charge >= 0.3 is 0 Å². The normalized spacial score (nSPS) is 21.6. The number of nitrogens with zero attached hydrogens (tertiary/aromatic N) is 2. The van der Waals surface area contributed by atoms with Crippen LogP contribution in [0.3, 0.4) is 0 Å². The molecule has 1 N–H and O–H groups in total. The zero-order chi connectivity index (χ0) is 12.1. The van der Waals surface area contributed by atoms with E-state index >= 15 is 0 Å². The van der Waals surface area contributed by atoms with E-state index < -0.39 is 0 Å². The highest BCUT2D eigenvalue weighted by atomic mass is 35.5. The van der Waals surface area contributed by atoms with E-state index in [0.717, 1.165) is 43.5 Å². The minimum Gasteiger partial charge on any atom is -0.374 e. The first-order valence-electron chi connectivity index (χ1n) is 5.87. The lowest BCUT2D eigenvalue weighted by molar-refractivity contribution is -0.0294. The summed E-state index contributed by atoms with van der Waals surface area (Å²) >= 11 is 5.95. The van der Waals surface area contributed by atoms with E-state index in [1.807, 2.05) is 13.1 Å². The fourth-order valence-electron chi connectivity index (χ4n) is 2.04. The van der Waals surface area contributed by atoms with Gasteiger partial charge in [0, 0.05) is 37.4 Å². The van der Waals surface area contributed by atoms with E-state index in [2.05, 4.69) is 15.2 Å². The summed E-state index contributed by atoms with van der Waals surface area (Å²) in [5, 5.41) is 3.89. The lowest BCUT2D eigenvalue weighted by Gasteiger charge is -2.32. The van der Waals surface area contributed by atoms with Crippen LogP contribution in [0.1, 0.15) is 5.69 Å². The van der Waals surface area contributed by atoms with Crippen LogP contribution in [-0.2, 0) is 11.3 Å². The molecule has 0 aromatic carbocycles. The molecule has 0 bridgehead atoms. The predicted octanol–water partition coefficient (Wildman–Crippen LogP) is 1.16. The van der Waals surface area contributed by atoms with Gasteiger partial charge in [-0.1, -0.05) is 11.6 Å². The van der Waals surface area contributed by atoms with Crippen molar-refractivity contribution in [1.82, 2.24) is 15.2 Å². The minimum absolute atomic E-state index is 0.271. The SMILES string of the molecule is CNCC1CN(Cc2cc(Cl)ccn2)CCO1. The Balaban J connectivity index is 1.90. The largest absolute Gasteiger partial charge is 0.374 e. The van der Waals surface area contributed by atoms with Gasteiger partial charge in [0.05, 0.1) is 18.4 Å². The monoisotopic (exact) mass is 255 g/mol. The number of ether oxygens (including phenoxy) is 1. The first kappa shape index (κ1) is 12.8. The summed E-state index contributed by atoms with van der Waals surface area (Å²) in [6.45, 7) is 4.40. The third kappa shape index (κ3) is 3.92. The summed E-state index contributed by atoms with van der Waals surface area (Å²) in [7, 11) is 1.95. The highest BCUT2D eigenvalue weighted by Gasteiger charge is 2.19. The summed E-state index contributed by atoms with van der Waals surface area (Å²) in [5.74, 6) is 0. The van der Waals surface area contributed by atoms with Crippen LogP contribution in [0.4, 0.5) is 0 Å². The third-order valence-corrected chi connectivity index (χ3v) is 3.05. The van der Waals surface area contributed by atoms with Gasteiger partial charge < -0.3 is 10.1 Å². The van der Waals surface area contributed by atoms with Crippen LogP contribution in [0.15, 0.2) is 18.3 Å². The number of aromatic nitrogens is 1. The van der Waals surface area contributed by atoms with Gasteiger partial charge in [-0.2, -0.15) is 0 Å². The fraction of sp³-hybridized carbons (Fsp3) is 0.583. The standard InChI is InChI=1S/C12H18ClN3O/c1-14-7-12-9-16(4-5-17-12)8-11-6-10(13)2-3-15-11/h2-3,6,12,14H,4-5,7-9H2,1H3. The molecule has 1 aliphatic heterocycles. The Labute approximate surface area is 107 Å². The van der Waals surface area contributed by atoms with Gasteiger partial charge in [-0.25, -0.2) is 0 Å². The maximum Gasteiger partial charge on any atom is 0.0826 e. The van der Waals surface area contributed by atoms with Crippen molar-refractivity contribution in [3.8, 4) is 0 Å². The molecule has 1 aliphatic rings. The number of rotatable bonds is 4. The molecule has 5 heteroatoms. The number of morpholine rings is 1. The molecule has 2 rings (SSSR count). The van der Waals surface area contributed by atoms with Gasteiger partial charge in [0.1, 0.15) is 0 Å². The Bertz CT molecular complexity index is 359. The van der Waals surface area contributed by atoms with Crippen LogP contribution in [-0.4, -0.2) is 49.3 Å². The number of halogens is 1. The molecule has 94 valence electrons. The third-order valence-electron chi connectivity index (χ3n) is 2.82. The van der Waals surface area contributed by atoms with Crippen molar-refractivity contribution in [2.45, 2.75) is 12.6 Å². The first-order chi connectivity index (χ1) is 8.28. The second-order valence-electron chi connectivity index (χ2n) is 4.25. The summed E-state index contributed by atoms with van der Waals surface area (Å²) in [5.41, 5.74) is 1.02. The molecule has 0 radical (unpaired) electrons. The molecule has 1 aromatic rings. The Morgan fingerprint density at radius 2 is 2.53 bits per heavy atom. The molecule has 0 saturated carbocycles. The molecule has 0 amide bonds. The fourth-order valence-corrected chi connectivity index (χ4v) is 2.22. The van der Waals surface area contributed by atoms with Gasteiger partial charge in [-0.15, -0.1) is 0 Å². The average molecular weight is 256 g/mol. The molecule has 1 unspecified atom stereocenters. The van der Waals surface area contributed by atoms with Crippen molar-refractivity contribution < 1.29 is 4.74 Å². The smallest absolute Gasteiger partial charge is 0.0826 e. The zero-order valence-corrected chi connectivity index (χ0v) is 10.8. The van der Waals surface area contributed by atoms with Crippen molar-refractivity contribution in [3.63, 3.8) is 0 Å².